The Balaban J connectivity index is 1.79. The van der Waals surface area contributed by atoms with Crippen LogP contribution in [0.2, 0.25) is 0 Å². The molecular formula is C31H44N2O6. The van der Waals surface area contributed by atoms with Crippen LogP contribution < -0.4 is 15.0 Å². The van der Waals surface area contributed by atoms with Crippen molar-refractivity contribution in [1.29, 1.82) is 0 Å². The number of nitrogens with one attached hydrogen (secondary N) is 1. The van der Waals surface area contributed by atoms with Gasteiger partial charge in [-0.2, -0.15) is 0 Å². The molecule has 2 atom stereocenters. The van der Waals surface area contributed by atoms with Crippen LogP contribution in [0.25, 0.3) is 0 Å². The number of rotatable bonds is 14. The summed E-state index contributed by atoms with van der Waals surface area (Å²) in [4.78, 5) is 28.0. The Morgan fingerprint density at radius 1 is 1.10 bits per heavy atom. The minimum Gasteiger partial charge on any atom is -0.493 e. The lowest BCUT2D eigenvalue weighted by Gasteiger charge is -2.36. The minimum atomic E-state index is -0.432. The summed E-state index contributed by atoms with van der Waals surface area (Å²) in [6.45, 7) is 10.7. The predicted octanol–water partition coefficient (Wildman–Crippen LogP) is 5.30. The zero-order valence-corrected chi connectivity index (χ0v) is 24.0. The highest BCUT2D eigenvalue weighted by Gasteiger charge is 2.26. The normalized spacial score (nSPS) is 16.2. The first-order valence-electron chi connectivity index (χ1n) is 14.0. The molecule has 39 heavy (non-hydrogen) atoms. The molecule has 2 aromatic carbocycles. The molecule has 8 heteroatoms. The van der Waals surface area contributed by atoms with Gasteiger partial charge < -0.3 is 29.2 Å². The van der Waals surface area contributed by atoms with E-state index in [2.05, 4.69) is 36.2 Å². The molecule has 0 aliphatic carbocycles. The fourth-order valence-electron chi connectivity index (χ4n) is 5.02. The van der Waals surface area contributed by atoms with Crippen molar-refractivity contribution in [2.24, 2.45) is 5.92 Å². The molecule has 1 amide bonds. The molecule has 214 valence electrons. The molecule has 0 radical (unpaired) electrons. The Morgan fingerprint density at radius 3 is 2.62 bits per heavy atom. The van der Waals surface area contributed by atoms with Gasteiger partial charge in [-0.3, -0.25) is 4.79 Å². The zero-order valence-electron chi connectivity index (χ0n) is 24.0. The monoisotopic (exact) mass is 540 g/mol. The van der Waals surface area contributed by atoms with Crippen LogP contribution in [0.4, 0.5) is 5.69 Å². The van der Waals surface area contributed by atoms with Gasteiger partial charge in [0.05, 0.1) is 31.8 Å². The number of benzene rings is 2. The fraction of sp³-hybridized carbons (Fsp3) is 0.548. The highest BCUT2D eigenvalue weighted by molar-refractivity contribution is 5.93. The molecule has 0 saturated carbocycles. The lowest BCUT2D eigenvalue weighted by molar-refractivity contribution is -0.121. The first-order chi connectivity index (χ1) is 18.9. The highest BCUT2D eigenvalue weighted by atomic mass is 16.7. The van der Waals surface area contributed by atoms with Gasteiger partial charge in [0.25, 0.3) is 0 Å². The smallest absolute Gasteiger partial charge is 0.341 e. The van der Waals surface area contributed by atoms with Crippen LogP contribution in [0.5, 0.6) is 5.75 Å². The van der Waals surface area contributed by atoms with Crippen LogP contribution in [-0.4, -0.2) is 58.2 Å². The standard InChI is InChI=1S/C31H44N2O6/c1-6-37-29-18-23(14-15-26(29)31(35)38-7-2)19-30(34)32-27(17-22(3)4)25-12-8-9-13-28(25)33-16-10-11-24(20-33)39-21-36-5/h8-9,12-15,18,22,24,27H,6-7,10-11,16-17,19-21H2,1-5H3,(H,32,34). The number of carbonyl (C=O) groups is 2. The van der Waals surface area contributed by atoms with Crippen LogP contribution in [0.1, 0.15) is 74.5 Å². The molecule has 1 fully saturated rings. The number of nitrogens with zero attached hydrogens (tertiary/aromatic N) is 1. The third-order valence-electron chi connectivity index (χ3n) is 6.70. The molecule has 2 aromatic rings. The van der Waals surface area contributed by atoms with E-state index < -0.39 is 5.97 Å². The van der Waals surface area contributed by atoms with Gasteiger partial charge in [0, 0.05) is 25.9 Å². The number of piperidine rings is 1. The van der Waals surface area contributed by atoms with E-state index in [1.165, 1.54) is 0 Å². The van der Waals surface area contributed by atoms with Gasteiger partial charge in [-0.05, 0) is 68.4 Å². The van der Waals surface area contributed by atoms with E-state index in [1.54, 1.807) is 32.2 Å². The van der Waals surface area contributed by atoms with Crippen LogP contribution in [-0.2, 0) is 25.4 Å². The van der Waals surface area contributed by atoms with Crippen molar-refractivity contribution in [3.63, 3.8) is 0 Å². The van der Waals surface area contributed by atoms with Gasteiger partial charge in [0.2, 0.25) is 5.91 Å². The van der Waals surface area contributed by atoms with E-state index in [-0.39, 0.29) is 37.9 Å². The highest BCUT2D eigenvalue weighted by Crippen LogP contribution is 2.33. The molecule has 1 aliphatic rings. The predicted molar refractivity (Wildman–Crippen MR) is 152 cm³/mol. The molecule has 1 aliphatic heterocycles. The van der Waals surface area contributed by atoms with Gasteiger partial charge >= 0.3 is 5.97 Å². The summed E-state index contributed by atoms with van der Waals surface area (Å²) in [5, 5.41) is 3.30. The second-order valence-electron chi connectivity index (χ2n) is 10.3. The van der Waals surface area contributed by atoms with E-state index in [0.717, 1.165) is 49.2 Å². The summed E-state index contributed by atoms with van der Waals surface area (Å²) in [6.07, 6.45) is 3.14. The number of esters is 1. The Bertz CT molecular complexity index is 1070. The summed E-state index contributed by atoms with van der Waals surface area (Å²) in [6, 6.07) is 13.4. The molecule has 1 heterocycles. The lowest BCUT2D eigenvalue weighted by atomic mass is 9.94. The molecule has 2 unspecified atom stereocenters. The van der Waals surface area contributed by atoms with E-state index in [0.29, 0.717) is 23.8 Å². The first-order valence-corrected chi connectivity index (χ1v) is 14.0. The number of methoxy groups -OCH3 is 1. The zero-order chi connectivity index (χ0) is 28.2. The molecule has 8 nitrogen and oxygen atoms in total. The SMILES string of the molecule is CCOC(=O)c1ccc(CC(=O)NC(CC(C)C)c2ccccc2N2CCCC(OCOC)C2)cc1OCC. The molecular weight excluding hydrogens is 496 g/mol. The maximum Gasteiger partial charge on any atom is 0.341 e. The second-order valence-corrected chi connectivity index (χ2v) is 10.3. The lowest BCUT2D eigenvalue weighted by Crippen LogP contribution is -2.41. The first kappa shape index (κ1) is 30.4. The van der Waals surface area contributed by atoms with Gasteiger partial charge in [0.1, 0.15) is 18.1 Å². The van der Waals surface area contributed by atoms with Crippen LogP contribution >= 0.6 is 0 Å². The van der Waals surface area contributed by atoms with Crippen molar-refractivity contribution in [3.05, 3.63) is 59.2 Å². The van der Waals surface area contributed by atoms with E-state index in [4.69, 9.17) is 18.9 Å². The molecule has 3 rings (SSSR count). The molecule has 0 bridgehead atoms. The number of amides is 1. The summed E-state index contributed by atoms with van der Waals surface area (Å²) >= 11 is 0. The van der Waals surface area contributed by atoms with Crippen LogP contribution in [0.15, 0.2) is 42.5 Å². The number of carbonyl (C=O) groups excluding carboxylic acids is 2. The van der Waals surface area contributed by atoms with Crippen molar-refractivity contribution in [2.75, 3.05) is 45.1 Å². The maximum absolute atomic E-state index is 13.3. The van der Waals surface area contributed by atoms with E-state index in [1.807, 2.05) is 19.1 Å². The Hall–Kier alpha value is -3.10. The Labute approximate surface area is 233 Å². The molecule has 0 spiro atoms. The van der Waals surface area contributed by atoms with Gasteiger partial charge in [-0.1, -0.05) is 38.1 Å². The topological polar surface area (TPSA) is 86.3 Å². The number of ether oxygens (including phenoxy) is 4. The van der Waals surface area contributed by atoms with E-state index >= 15 is 0 Å². The maximum atomic E-state index is 13.3. The average molecular weight is 541 g/mol. The fourth-order valence-corrected chi connectivity index (χ4v) is 5.02. The largest absolute Gasteiger partial charge is 0.493 e. The number of anilines is 1. The van der Waals surface area contributed by atoms with Crippen LogP contribution in [0, 0.1) is 5.92 Å². The van der Waals surface area contributed by atoms with Crippen molar-refractivity contribution in [1.82, 2.24) is 5.32 Å². The second kappa shape index (κ2) is 15.5. The number of para-hydroxylation sites is 1. The quantitative estimate of drug-likeness (QED) is 0.257. The summed E-state index contributed by atoms with van der Waals surface area (Å²) in [5.74, 6) is 0.302. The molecule has 0 aromatic heterocycles. The third kappa shape index (κ3) is 8.97. The number of hydrogen-bond donors (Lipinski definition) is 1. The van der Waals surface area contributed by atoms with Crippen molar-refractivity contribution in [2.45, 2.75) is 65.5 Å². The molecule has 1 N–H and O–H groups in total. The van der Waals surface area contributed by atoms with Gasteiger partial charge in [-0.15, -0.1) is 0 Å². The average Bonchev–Trinajstić information content (AvgIpc) is 2.92. The Kier molecular flexibility index (Phi) is 12.1. The van der Waals surface area contributed by atoms with Crippen molar-refractivity contribution in [3.8, 4) is 5.75 Å². The summed E-state index contributed by atoms with van der Waals surface area (Å²) in [7, 11) is 1.64. The molecule has 1 saturated heterocycles. The van der Waals surface area contributed by atoms with Gasteiger partial charge in [0.15, 0.2) is 0 Å². The Morgan fingerprint density at radius 2 is 1.90 bits per heavy atom. The van der Waals surface area contributed by atoms with E-state index in [9.17, 15) is 9.59 Å². The summed E-state index contributed by atoms with van der Waals surface area (Å²) < 4.78 is 21.8. The van der Waals surface area contributed by atoms with Crippen molar-refractivity contribution >= 4 is 17.6 Å². The van der Waals surface area contributed by atoms with Crippen molar-refractivity contribution < 1.29 is 28.5 Å². The minimum absolute atomic E-state index is 0.0817. The number of hydrogen-bond acceptors (Lipinski definition) is 7. The third-order valence-corrected chi connectivity index (χ3v) is 6.70. The van der Waals surface area contributed by atoms with Gasteiger partial charge in [-0.25, -0.2) is 4.79 Å². The van der Waals surface area contributed by atoms with Crippen LogP contribution in [0.3, 0.4) is 0 Å². The summed E-state index contributed by atoms with van der Waals surface area (Å²) in [5.41, 5.74) is 3.38.